The lowest BCUT2D eigenvalue weighted by atomic mass is 10.0. The van der Waals surface area contributed by atoms with Gasteiger partial charge >= 0.3 is 0 Å². The molecule has 0 aliphatic carbocycles. The van der Waals surface area contributed by atoms with Crippen LogP contribution in [0.25, 0.3) is 54.9 Å². The Bertz CT molecular complexity index is 1830. The van der Waals surface area contributed by atoms with E-state index in [0.29, 0.717) is 0 Å². The van der Waals surface area contributed by atoms with E-state index >= 15 is 0 Å². The summed E-state index contributed by atoms with van der Waals surface area (Å²) in [5.74, 6) is 0.983. The standard InChI is InChI=1S/C31H27N5O2S/c1-18(37)28-7-8-29(39-28)23-11-14-33-31-24(23)17-27(34-31)30-25-16-20(5-6-26(25)35-36-30)19-3-2-4-22(15-19)38-21-9-12-32-13-10-21/h2-8,11,14-17,21,32H,9-10,12-13H2,1H3,(H,33,34)(H,35,36). The van der Waals surface area contributed by atoms with Crippen molar-refractivity contribution >= 4 is 39.1 Å². The van der Waals surface area contributed by atoms with Gasteiger partial charge in [0.05, 0.1) is 16.1 Å². The first-order chi connectivity index (χ1) is 19.1. The number of fused-ring (bicyclic) bond motifs is 2. The summed E-state index contributed by atoms with van der Waals surface area (Å²) in [4.78, 5) is 21.7. The average Bonchev–Trinajstić information content (AvgIpc) is 3.71. The van der Waals surface area contributed by atoms with Crippen molar-refractivity contribution in [3.05, 3.63) is 77.8 Å². The smallest absolute Gasteiger partial charge is 0.169 e. The largest absolute Gasteiger partial charge is 0.490 e. The summed E-state index contributed by atoms with van der Waals surface area (Å²) in [5.41, 5.74) is 6.74. The number of nitrogens with one attached hydrogen (secondary N) is 3. The maximum absolute atomic E-state index is 11.8. The van der Waals surface area contributed by atoms with Crippen LogP contribution in [0.4, 0.5) is 0 Å². The quantitative estimate of drug-likeness (QED) is 0.204. The number of thiophene rings is 1. The van der Waals surface area contributed by atoms with Gasteiger partial charge in [0.2, 0.25) is 0 Å². The highest BCUT2D eigenvalue weighted by Gasteiger charge is 2.17. The van der Waals surface area contributed by atoms with Crippen LogP contribution in [0, 0.1) is 0 Å². The van der Waals surface area contributed by atoms with Gasteiger partial charge in [0, 0.05) is 27.4 Å². The SMILES string of the molecule is CC(=O)c1ccc(-c2ccnc3[nH]c(-c4n[nH]c5ccc(-c6cccc(OC7CCNCC7)c6)cc45)cc23)s1. The first-order valence-corrected chi connectivity index (χ1v) is 14.0. The molecule has 0 spiro atoms. The van der Waals surface area contributed by atoms with Crippen LogP contribution < -0.4 is 10.1 Å². The number of aromatic amines is 2. The minimum absolute atomic E-state index is 0.0773. The van der Waals surface area contributed by atoms with Crippen LogP contribution in [-0.2, 0) is 0 Å². The lowest BCUT2D eigenvalue weighted by Crippen LogP contribution is -2.34. The van der Waals surface area contributed by atoms with Crippen LogP contribution in [0.1, 0.15) is 29.4 Å². The number of aromatic nitrogens is 4. The lowest BCUT2D eigenvalue weighted by Gasteiger charge is -2.24. The van der Waals surface area contributed by atoms with Crippen molar-refractivity contribution in [1.29, 1.82) is 0 Å². The molecule has 7 rings (SSSR count). The second-order valence-corrected chi connectivity index (χ2v) is 11.0. The number of hydrogen-bond donors (Lipinski definition) is 3. The molecule has 1 aliphatic rings. The molecule has 1 fully saturated rings. The van der Waals surface area contributed by atoms with Crippen molar-refractivity contribution in [2.24, 2.45) is 0 Å². The van der Waals surface area contributed by atoms with Gasteiger partial charge in [-0.05, 0) is 92.5 Å². The molecule has 0 unspecified atom stereocenters. The number of H-pyrrole nitrogens is 2. The van der Waals surface area contributed by atoms with Gasteiger partial charge in [0.15, 0.2) is 5.78 Å². The molecular weight excluding hydrogens is 506 g/mol. The summed E-state index contributed by atoms with van der Waals surface area (Å²) < 4.78 is 6.29. The number of ketones is 1. The fourth-order valence-electron chi connectivity index (χ4n) is 5.29. The van der Waals surface area contributed by atoms with Crippen LogP contribution in [0.2, 0.25) is 0 Å². The Morgan fingerprint density at radius 2 is 1.85 bits per heavy atom. The molecule has 6 aromatic rings. The average molecular weight is 534 g/mol. The monoisotopic (exact) mass is 533 g/mol. The number of nitrogens with zero attached hydrogens (tertiary/aromatic N) is 2. The zero-order valence-corrected chi connectivity index (χ0v) is 22.3. The highest BCUT2D eigenvalue weighted by Crippen LogP contribution is 2.37. The van der Waals surface area contributed by atoms with Gasteiger partial charge in [0.1, 0.15) is 23.2 Å². The zero-order chi connectivity index (χ0) is 26.3. The predicted molar refractivity (Wildman–Crippen MR) is 156 cm³/mol. The van der Waals surface area contributed by atoms with Crippen molar-refractivity contribution in [1.82, 2.24) is 25.5 Å². The topological polar surface area (TPSA) is 95.7 Å². The predicted octanol–water partition coefficient (Wildman–Crippen LogP) is 6.84. The van der Waals surface area contributed by atoms with Gasteiger partial charge < -0.3 is 15.0 Å². The lowest BCUT2D eigenvalue weighted by molar-refractivity contribution is 0.102. The number of piperidine rings is 1. The van der Waals surface area contributed by atoms with Gasteiger partial charge in [-0.3, -0.25) is 9.89 Å². The summed E-state index contributed by atoms with van der Waals surface area (Å²) in [6, 6.07) is 22.7. The van der Waals surface area contributed by atoms with E-state index in [4.69, 9.17) is 4.74 Å². The number of carbonyl (C=O) groups excluding carboxylic acids is 1. The number of rotatable bonds is 6. The second-order valence-electron chi connectivity index (χ2n) is 9.95. The highest BCUT2D eigenvalue weighted by atomic mass is 32.1. The van der Waals surface area contributed by atoms with E-state index in [1.807, 2.05) is 24.3 Å². The Kier molecular flexibility index (Phi) is 5.98. The fourth-order valence-corrected chi connectivity index (χ4v) is 6.24. The molecule has 0 atom stereocenters. The molecule has 7 nitrogen and oxygen atoms in total. The summed E-state index contributed by atoms with van der Waals surface area (Å²) in [5, 5.41) is 13.3. The van der Waals surface area contributed by atoms with Crippen LogP contribution in [0.5, 0.6) is 5.75 Å². The van der Waals surface area contributed by atoms with Crippen molar-refractivity contribution in [3.8, 4) is 38.7 Å². The molecule has 3 N–H and O–H groups in total. The van der Waals surface area contributed by atoms with Crippen molar-refractivity contribution in [3.63, 3.8) is 0 Å². The maximum atomic E-state index is 11.8. The first-order valence-electron chi connectivity index (χ1n) is 13.2. The molecule has 0 amide bonds. The number of ether oxygens (including phenoxy) is 1. The van der Waals surface area contributed by atoms with E-state index in [1.54, 1.807) is 13.1 Å². The van der Waals surface area contributed by atoms with Gasteiger partial charge in [-0.15, -0.1) is 11.3 Å². The Labute approximate surface area is 229 Å². The molecule has 5 heterocycles. The van der Waals surface area contributed by atoms with E-state index in [-0.39, 0.29) is 11.9 Å². The fraction of sp³-hybridized carbons (Fsp3) is 0.194. The maximum Gasteiger partial charge on any atom is 0.169 e. The summed E-state index contributed by atoms with van der Waals surface area (Å²) in [6.07, 6.45) is 4.11. The third-order valence-corrected chi connectivity index (χ3v) is 8.54. The zero-order valence-electron chi connectivity index (χ0n) is 21.5. The van der Waals surface area contributed by atoms with E-state index in [1.165, 1.54) is 11.3 Å². The normalized spacial score (nSPS) is 14.3. The van der Waals surface area contributed by atoms with Crippen molar-refractivity contribution in [2.45, 2.75) is 25.9 Å². The Balaban J connectivity index is 1.25. The van der Waals surface area contributed by atoms with E-state index in [2.05, 4.69) is 67.9 Å². The summed E-state index contributed by atoms with van der Waals surface area (Å²) in [7, 11) is 0. The number of hydrogen-bond acceptors (Lipinski definition) is 6. The Morgan fingerprint density at radius 1 is 0.974 bits per heavy atom. The van der Waals surface area contributed by atoms with Crippen molar-refractivity contribution in [2.75, 3.05) is 13.1 Å². The summed E-state index contributed by atoms with van der Waals surface area (Å²) in [6.45, 7) is 3.60. The third kappa shape index (κ3) is 4.51. The third-order valence-electron chi connectivity index (χ3n) is 7.32. The molecule has 194 valence electrons. The van der Waals surface area contributed by atoms with Crippen LogP contribution >= 0.6 is 11.3 Å². The van der Waals surface area contributed by atoms with Crippen LogP contribution in [-0.4, -0.2) is 45.1 Å². The van der Waals surface area contributed by atoms with Crippen LogP contribution in [0.15, 0.2) is 72.9 Å². The second kappa shape index (κ2) is 9.80. The number of carbonyl (C=O) groups is 1. The van der Waals surface area contributed by atoms with Crippen LogP contribution in [0.3, 0.4) is 0 Å². The van der Waals surface area contributed by atoms with Gasteiger partial charge in [-0.25, -0.2) is 4.98 Å². The molecule has 0 saturated carbocycles. The molecular formula is C31H27N5O2S. The molecule has 39 heavy (non-hydrogen) atoms. The van der Waals surface area contributed by atoms with Gasteiger partial charge in [-0.2, -0.15) is 5.10 Å². The Morgan fingerprint density at radius 3 is 2.69 bits per heavy atom. The Hall–Kier alpha value is -4.27. The van der Waals surface area contributed by atoms with Crippen molar-refractivity contribution < 1.29 is 9.53 Å². The van der Waals surface area contributed by atoms with E-state index in [0.717, 1.165) is 91.4 Å². The highest BCUT2D eigenvalue weighted by molar-refractivity contribution is 7.17. The number of benzene rings is 2. The van der Waals surface area contributed by atoms with Gasteiger partial charge in [-0.1, -0.05) is 18.2 Å². The molecule has 1 saturated heterocycles. The minimum atomic E-state index is 0.0773. The first kappa shape index (κ1) is 23.8. The van der Waals surface area contributed by atoms with E-state index in [9.17, 15) is 4.79 Å². The number of pyridine rings is 1. The molecule has 0 bridgehead atoms. The summed E-state index contributed by atoms with van der Waals surface area (Å²) >= 11 is 1.50. The molecule has 4 aromatic heterocycles. The molecule has 1 aliphatic heterocycles. The molecule has 0 radical (unpaired) electrons. The van der Waals surface area contributed by atoms with Gasteiger partial charge in [0.25, 0.3) is 0 Å². The molecule has 8 heteroatoms. The minimum Gasteiger partial charge on any atom is -0.490 e. The molecule has 2 aromatic carbocycles. The van der Waals surface area contributed by atoms with E-state index < -0.39 is 0 Å². The number of Topliss-reactive ketones (excluding diaryl/α,β-unsaturated/α-hetero) is 1.